The summed E-state index contributed by atoms with van der Waals surface area (Å²) in [6, 6.07) is 21.9. The largest absolute Gasteiger partial charge is 0.279 e. The van der Waals surface area contributed by atoms with Crippen molar-refractivity contribution < 1.29 is 8.42 Å². The number of benzene rings is 3. The zero-order chi connectivity index (χ0) is 18.1. The van der Waals surface area contributed by atoms with Crippen molar-refractivity contribution in [1.82, 2.24) is 4.98 Å². The standard InChI is InChI=1S/C20H16N2O2S2/c1-14-16(20-21-18-11-5-6-13-19(18)25-20)10-7-12-17(14)22-26(23,24)15-8-3-2-4-9-15/h2-13,22H,1H3. The van der Waals surface area contributed by atoms with Gasteiger partial charge < -0.3 is 0 Å². The Bertz CT molecular complexity index is 1150. The van der Waals surface area contributed by atoms with E-state index in [1.54, 1.807) is 47.7 Å². The van der Waals surface area contributed by atoms with E-state index in [0.29, 0.717) is 5.69 Å². The van der Waals surface area contributed by atoms with E-state index in [-0.39, 0.29) is 4.90 Å². The third-order valence-corrected chi connectivity index (χ3v) is 6.61. The first-order valence-corrected chi connectivity index (χ1v) is 10.4. The molecule has 130 valence electrons. The lowest BCUT2D eigenvalue weighted by molar-refractivity contribution is 0.601. The number of sulfonamides is 1. The molecule has 4 nitrogen and oxygen atoms in total. The molecule has 0 bridgehead atoms. The molecule has 0 aliphatic rings. The van der Waals surface area contributed by atoms with Gasteiger partial charge in [0.2, 0.25) is 0 Å². The monoisotopic (exact) mass is 380 g/mol. The molecule has 0 spiro atoms. The maximum atomic E-state index is 12.6. The predicted molar refractivity (Wildman–Crippen MR) is 107 cm³/mol. The Kier molecular flexibility index (Phi) is 4.22. The summed E-state index contributed by atoms with van der Waals surface area (Å²) in [5, 5.41) is 0.879. The number of anilines is 1. The van der Waals surface area contributed by atoms with Crippen molar-refractivity contribution in [2.24, 2.45) is 0 Å². The fraction of sp³-hybridized carbons (Fsp3) is 0.0500. The number of hydrogen-bond acceptors (Lipinski definition) is 4. The molecule has 0 fully saturated rings. The number of fused-ring (bicyclic) bond motifs is 1. The molecule has 0 aliphatic carbocycles. The van der Waals surface area contributed by atoms with Crippen LogP contribution >= 0.6 is 11.3 Å². The van der Waals surface area contributed by atoms with Crippen LogP contribution in [0.4, 0.5) is 5.69 Å². The summed E-state index contributed by atoms with van der Waals surface area (Å²) in [6.45, 7) is 1.91. The van der Waals surface area contributed by atoms with Crippen LogP contribution in [-0.4, -0.2) is 13.4 Å². The smallest absolute Gasteiger partial charge is 0.261 e. The van der Waals surface area contributed by atoms with Crippen molar-refractivity contribution in [1.29, 1.82) is 0 Å². The summed E-state index contributed by atoms with van der Waals surface area (Å²) in [5.74, 6) is 0. The molecule has 0 amide bonds. The third kappa shape index (κ3) is 3.09. The Morgan fingerprint density at radius 3 is 2.38 bits per heavy atom. The van der Waals surface area contributed by atoms with E-state index >= 15 is 0 Å². The van der Waals surface area contributed by atoms with Crippen LogP contribution in [0.3, 0.4) is 0 Å². The molecule has 1 N–H and O–H groups in total. The summed E-state index contributed by atoms with van der Waals surface area (Å²) in [6.07, 6.45) is 0. The fourth-order valence-electron chi connectivity index (χ4n) is 2.77. The molecule has 0 saturated heterocycles. The second kappa shape index (κ2) is 6.55. The van der Waals surface area contributed by atoms with Gasteiger partial charge in [0.05, 0.1) is 20.8 Å². The number of para-hydroxylation sites is 1. The Labute approximate surface area is 156 Å². The van der Waals surface area contributed by atoms with Crippen molar-refractivity contribution in [3.05, 3.63) is 78.4 Å². The SMILES string of the molecule is Cc1c(NS(=O)(=O)c2ccccc2)cccc1-c1nc2ccccc2s1. The Balaban J connectivity index is 1.74. The summed E-state index contributed by atoms with van der Waals surface area (Å²) < 4.78 is 29.0. The van der Waals surface area contributed by atoms with Crippen LogP contribution < -0.4 is 4.72 Å². The first-order valence-electron chi connectivity index (χ1n) is 8.08. The van der Waals surface area contributed by atoms with Gasteiger partial charge in [-0.1, -0.05) is 42.5 Å². The van der Waals surface area contributed by atoms with Crippen molar-refractivity contribution in [3.63, 3.8) is 0 Å². The van der Waals surface area contributed by atoms with E-state index < -0.39 is 10.0 Å². The highest BCUT2D eigenvalue weighted by Gasteiger charge is 2.17. The normalized spacial score (nSPS) is 11.6. The van der Waals surface area contributed by atoms with Crippen LogP contribution in [0.1, 0.15) is 5.56 Å². The highest BCUT2D eigenvalue weighted by molar-refractivity contribution is 7.92. The van der Waals surface area contributed by atoms with Crippen LogP contribution in [0, 0.1) is 6.92 Å². The lowest BCUT2D eigenvalue weighted by Crippen LogP contribution is -2.13. The number of rotatable bonds is 4. The van der Waals surface area contributed by atoms with Gasteiger partial charge in [-0.25, -0.2) is 13.4 Å². The molecule has 4 rings (SSSR count). The highest BCUT2D eigenvalue weighted by Crippen LogP contribution is 2.34. The Hall–Kier alpha value is -2.70. The number of aromatic nitrogens is 1. The molecule has 4 aromatic rings. The summed E-state index contributed by atoms with van der Waals surface area (Å²) >= 11 is 1.60. The van der Waals surface area contributed by atoms with Gasteiger partial charge in [-0.15, -0.1) is 11.3 Å². The van der Waals surface area contributed by atoms with Crippen molar-refractivity contribution in [3.8, 4) is 10.6 Å². The molecule has 0 radical (unpaired) electrons. The van der Waals surface area contributed by atoms with Crippen LogP contribution in [0.15, 0.2) is 77.7 Å². The van der Waals surface area contributed by atoms with Crippen LogP contribution in [-0.2, 0) is 10.0 Å². The molecule has 0 unspecified atom stereocenters. The van der Waals surface area contributed by atoms with E-state index in [4.69, 9.17) is 0 Å². The molecule has 0 saturated carbocycles. The predicted octanol–water partition coefficient (Wildman–Crippen LogP) is 5.07. The van der Waals surface area contributed by atoms with E-state index in [0.717, 1.165) is 26.4 Å². The summed E-state index contributed by atoms with van der Waals surface area (Å²) in [4.78, 5) is 4.92. The second-order valence-electron chi connectivity index (χ2n) is 5.88. The molecule has 26 heavy (non-hydrogen) atoms. The van der Waals surface area contributed by atoms with Gasteiger partial charge in [-0.3, -0.25) is 4.72 Å². The first kappa shape index (κ1) is 16.8. The van der Waals surface area contributed by atoms with Crippen molar-refractivity contribution in [2.45, 2.75) is 11.8 Å². The molecule has 3 aromatic carbocycles. The van der Waals surface area contributed by atoms with Gasteiger partial charge in [0, 0.05) is 5.56 Å². The lowest BCUT2D eigenvalue weighted by atomic mass is 10.1. The maximum Gasteiger partial charge on any atom is 0.261 e. The van der Waals surface area contributed by atoms with Crippen LogP contribution in [0.2, 0.25) is 0 Å². The maximum absolute atomic E-state index is 12.6. The molecular formula is C20H16N2O2S2. The Morgan fingerprint density at radius 2 is 1.62 bits per heavy atom. The zero-order valence-corrected chi connectivity index (χ0v) is 15.6. The molecular weight excluding hydrogens is 364 g/mol. The third-order valence-electron chi connectivity index (χ3n) is 4.16. The topological polar surface area (TPSA) is 59.1 Å². The second-order valence-corrected chi connectivity index (χ2v) is 8.60. The number of nitrogens with zero attached hydrogens (tertiary/aromatic N) is 1. The van der Waals surface area contributed by atoms with Crippen LogP contribution in [0.25, 0.3) is 20.8 Å². The van der Waals surface area contributed by atoms with E-state index in [9.17, 15) is 8.42 Å². The minimum Gasteiger partial charge on any atom is -0.279 e. The molecule has 1 heterocycles. The minimum atomic E-state index is -3.63. The molecule has 0 atom stereocenters. The van der Waals surface area contributed by atoms with Gasteiger partial charge in [-0.2, -0.15) is 0 Å². The lowest BCUT2D eigenvalue weighted by Gasteiger charge is -2.12. The van der Waals surface area contributed by atoms with Gasteiger partial charge in [0.15, 0.2) is 0 Å². The van der Waals surface area contributed by atoms with E-state index in [1.807, 2.05) is 43.3 Å². The van der Waals surface area contributed by atoms with Gasteiger partial charge >= 0.3 is 0 Å². The minimum absolute atomic E-state index is 0.241. The first-order chi connectivity index (χ1) is 12.5. The fourth-order valence-corrected chi connectivity index (χ4v) is 4.96. The van der Waals surface area contributed by atoms with Crippen LogP contribution in [0.5, 0.6) is 0 Å². The number of nitrogens with one attached hydrogen (secondary N) is 1. The number of thiazole rings is 1. The summed E-state index contributed by atoms with van der Waals surface area (Å²) in [5.41, 5.74) is 3.29. The average Bonchev–Trinajstić information content (AvgIpc) is 3.08. The van der Waals surface area contributed by atoms with Gasteiger partial charge in [0.25, 0.3) is 10.0 Å². The average molecular weight is 380 g/mol. The van der Waals surface area contributed by atoms with Gasteiger partial charge in [0.1, 0.15) is 5.01 Å². The summed E-state index contributed by atoms with van der Waals surface area (Å²) in [7, 11) is -3.63. The molecule has 0 aliphatic heterocycles. The Morgan fingerprint density at radius 1 is 0.885 bits per heavy atom. The van der Waals surface area contributed by atoms with E-state index in [1.165, 1.54) is 0 Å². The zero-order valence-electron chi connectivity index (χ0n) is 14.0. The molecule has 1 aromatic heterocycles. The number of hydrogen-bond donors (Lipinski definition) is 1. The van der Waals surface area contributed by atoms with Crippen molar-refractivity contribution >= 4 is 37.3 Å². The highest BCUT2D eigenvalue weighted by atomic mass is 32.2. The quantitative estimate of drug-likeness (QED) is 0.537. The molecule has 6 heteroatoms. The van der Waals surface area contributed by atoms with Crippen molar-refractivity contribution in [2.75, 3.05) is 4.72 Å². The van der Waals surface area contributed by atoms with E-state index in [2.05, 4.69) is 9.71 Å². The van der Waals surface area contributed by atoms with Gasteiger partial charge in [-0.05, 0) is 42.8 Å².